The third kappa shape index (κ3) is 5.05. The van der Waals surface area contributed by atoms with Gasteiger partial charge in [-0.25, -0.2) is 4.79 Å². The van der Waals surface area contributed by atoms with Crippen LogP contribution >= 0.6 is 0 Å². The second-order valence-corrected chi connectivity index (χ2v) is 9.32. The summed E-state index contributed by atoms with van der Waals surface area (Å²) in [5.74, 6) is 1.09. The van der Waals surface area contributed by atoms with Gasteiger partial charge in [0.1, 0.15) is 41.2 Å². The number of rotatable bonds is 9. The molecule has 0 bridgehead atoms. The molecular formula is C30H31N3O7. The highest BCUT2D eigenvalue weighted by atomic mass is 16.8. The lowest BCUT2D eigenvalue weighted by atomic mass is 9.80. The lowest BCUT2D eigenvalue weighted by Gasteiger charge is -2.37. The Hall–Kier alpha value is -4.22. The number of methoxy groups -OCH3 is 2. The number of aliphatic hydroxyl groups excluding tert-OH is 2. The molecule has 4 aromatic rings. The van der Waals surface area contributed by atoms with Crippen molar-refractivity contribution in [2.24, 2.45) is 0 Å². The van der Waals surface area contributed by atoms with E-state index in [9.17, 15) is 15.0 Å². The van der Waals surface area contributed by atoms with E-state index in [1.807, 2.05) is 78.9 Å². The van der Waals surface area contributed by atoms with Gasteiger partial charge in [0, 0.05) is 6.20 Å². The van der Waals surface area contributed by atoms with E-state index < -0.39 is 35.8 Å². The Kier molecular flexibility index (Phi) is 7.47. The molecule has 0 radical (unpaired) electrons. The van der Waals surface area contributed by atoms with Crippen molar-refractivity contribution in [2.45, 2.75) is 30.1 Å². The molecule has 1 saturated heterocycles. The average Bonchev–Trinajstić information content (AvgIpc) is 3.29. The van der Waals surface area contributed by atoms with E-state index in [1.54, 1.807) is 14.2 Å². The van der Waals surface area contributed by atoms with Crippen LogP contribution in [-0.4, -0.2) is 58.9 Å². The van der Waals surface area contributed by atoms with Gasteiger partial charge in [0.05, 0.1) is 22.2 Å². The highest BCUT2D eigenvalue weighted by Gasteiger charge is 2.46. The lowest BCUT2D eigenvalue weighted by Crippen LogP contribution is -2.39. The monoisotopic (exact) mass is 552 g/mol. The van der Waals surface area contributed by atoms with Crippen molar-refractivity contribution < 1.29 is 30.5 Å². The Morgan fingerprint density at radius 2 is 1.48 bits per heavy atom. The third-order valence-electron chi connectivity index (χ3n) is 7.04. The first-order valence-electron chi connectivity index (χ1n) is 13.1. The summed E-state index contributed by atoms with van der Waals surface area (Å²) in [6.07, 6.45) is -4.10. The Morgan fingerprint density at radius 3 is 2.02 bits per heavy atom. The van der Waals surface area contributed by atoms with E-state index in [2.05, 4.69) is 4.98 Å². The molecule has 4 N–H and O–H groups in total. The highest BCUT2D eigenvalue weighted by Crippen LogP contribution is 2.42. The molecule has 1 aromatic heterocycles. The minimum absolute atomic E-state index is 0.174. The van der Waals surface area contributed by atoms with Crippen molar-refractivity contribution in [3.8, 4) is 11.5 Å². The molecule has 2 heterocycles. The maximum absolute atomic E-state index is 12.5. The van der Waals surface area contributed by atoms with Crippen LogP contribution in [-0.2, 0) is 15.1 Å². The smallest absolute Gasteiger partial charge is 0.351 e. The zero-order valence-corrected chi connectivity index (χ0v) is 22.0. The number of aromatic nitrogens is 2. The second-order valence-electron chi connectivity index (χ2n) is 9.32. The summed E-state index contributed by atoms with van der Waals surface area (Å²) in [5, 5.41) is 21.8. The first-order chi connectivity index (χ1) is 19.8. The van der Waals surface area contributed by atoms with Gasteiger partial charge in [0.25, 0.3) is 0 Å². The summed E-state index contributed by atoms with van der Waals surface area (Å²) in [5.41, 5.74) is 5.93. The number of benzene rings is 3. The van der Waals surface area contributed by atoms with Gasteiger partial charge < -0.3 is 34.9 Å². The maximum Gasteiger partial charge on any atom is 0.351 e. The molecule has 4 atom stereocenters. The SMILES string of the molecule is [2H]c1cn([13C@@H]2O[13C@H]([13CH2]OC(c3ccccc3)(c3ccc(OC)cc3)c3ccc(OC)cc3)[13C@@H](O)[13C@H]2O)c(=O)nc1[15NH2]. The highest BCUT2D eigenvalue weighted by molar-refractivity contribution is 5.49. The summed E-state index contributed by atoms with van der Waals surface area (Å²) in [4.78, 5) is 16.1. The molecule has 10 nitrogen and oxygen atoms in total. The largest absolute Gasteiger partial charge is 0.497 e. The van der Waals surface area contributed by atoms with E-state index in [1.165, 1.54) is 0 Å². The molecule has 40 heavy (non-hydrogen) atoms. The zero-order chi connectivity index (χ0) is 29.1. The van der Waals surface area contributed by atoms with Gasteiger partial charge in [0.2, 0.25) is 0 Å². The molecule has 0 saturated carbocycles. The number of hydrogen-bond donors (Lipinski definition) is 3. The summed E-state index contributed by atoms with van der Waals surface area (Å²) < 4.78 is 32.3. The molecule has 0 amide bonds. The number of ether oxygens (including phenoxy) is 4. The van der Waals surface area contributed by atoms with Gasteiger partial charge in [-0.15, -0.1) is 0 Å². The summed E-state index contributed by atoms with van der Waals surface area (Å²) in [6, 6.07) is 24.3. The summed E-state index contributed by atoms with van der Waals surface area (Å²) in [7, 11) is 3.18. The van der Waals surface area contributed by atoms with Crippen LogP contribution in [0.2, 0.25) is 0 Å². The van der Waals surface area contributed by atoms with E-state index in [4.69, 9.17) is 26.1 Å². The predicted molar refractivity (Wildman–Crippen MR) is 147 cm³/mol. The van der Waals surface area contributed by atoms with Crippen LogP contribution in [0.1, 0.15) is 24.3 Å². The van der Waals surface area contributed by atoms with Gasteiger partial charge in [-0.05, 0) is 47.0 Å². The van der Waals surface area contributed by atoms with E-state index in [-0.39, 0.29) is 18.5 Å². The quantitative estimate of drug-likeness (QED) is 0.162. The first kappa shape index (κ1) is 26.0. The molecule has 10 heteroatoms. The molecule has 0 unspecified atom stereocenters. The van der Waals surface area contributed by atoms with Gasteiger partial charge in [-0.1, -0.05) is 54.6 Å². The van der Waals surface area contributed by atoms with Crippen LogP contribution in [0.4, 0.5) is 5.82 Å². The molecule has 1 aliphatic heterocycles. The van der Waals surface area contributed by atoms with Crippen molar-refractivity contribution in [1.82, 2.24) is 9.55 Å². The Labute approximate surface area is 232 Å². The number of anilines is 1. The molecule has 208 valence electrons. The van der Waals surface area contributed by atoms with E-state index >= 15 is 0 Å². The molecule has 5 rings (SSSR count). The molecule has 0 aliphatic carbocycles. The fourth-order valence-corrected chi connectivity index (χ4v) is 4.94. The number of nitrogens with two attached hydrogens (primary N) is 1. The second kappa shape index (κ2) is 11.5. The zero-order valence-electron chi connectivity index (χ0n) is 23.0. The van der Waals surface area contributed by atoms with Crippen LogP contribution in [0.15, 0.2) is 95.9 Å². The van der Waals surface area contributed by atoms with Gasteiger partial charge in [0.15, 0.2) is 6.23 Å². The molecular weight excluding hydrogens is 520 g/mol. The van der Waals surface area contributed by atoms with Crippen molar-refractivity contribution in [3.05, 3.63) is 118 Å². The number of aliphatic hydroxyl groups is 2. The van der Waals surface area contributed by atoms with Gasteiger partial charge in [-0.3, -0.25) is 4.57 Å². The topological polar surface area (TPSA) is 138 Å². The van der Waals surface area contributed by atoms with Crippen LogP contribution in [0, 0.1) is 0 Å². The minimum Gasteiger partial charge on any atom is -0.497 e. The van der Waals surface area contributed by atoms with E-state index in [0.717, 1.165) is 27.5 Å². The van der Waals surface area contributed by atoms with E-state index in [0.29, 0.717) is 11.5 Å². The standard InChI is InChI=1S/C30H31N3O7/c1-37-22-12-8-20(9-13-22)30(19-6-4-3-5-7-19,21-10-14-23(38-2)15-11-21)39-18-24-26(34)27(35)28(40-24)33-17-16-25(31)32-29(33)36/h3-17,24,26-28,34-35H,18H2,1-2H3,(H2,31,32,36)/t24-,26-,27-,28-/m1/s1/i16D,18+1,24+1,26+1,27+1,28+1,31+1. The fourth-order valence-electron chi connectivity index (χ4n) is 4.94. The maximum atomic E-state index is 12.5. The Balaban J connectivity index is 1.55. The lowest BCUT2D eigenvalue weighted by molar-refractivity contribution is -0.0958. The van der Waals surface area contributed by atoms with Crippen molar-refractivity contribution in [1.29, 1.82) is 0 Å². The molecule has 1 fully saturated rings. The number of nitrogens with zero attached hydrogens (tertiary/aromatic N) is 2. The summed E-state index contributed by atoms with van der Waals surface area (Å²) >= 11 is 0. The van der Waals surface area contributed by atoms with Crippen LogP contribution in [0.5, 0.6) is 11.5 Å². The minimum atomic E-state index is -1.49. The fraction of sp³-hybridized carbons (Fsp3) is 0.267. The predicted octanol–water partition coefficient (Wildman–Crippen LogP) is 2.47. The molecule has 1 aliphatic rings. The molecule has 0 spiro atoms. The molecule has 3 aromatic carbocycles. The van der Waals surface area contributed by atoms with Crippen molar-refractivity contribution in [3.63, 3.8) is 0 Å². The number of nitrogen functional groups attached to an aromatic ring is 1. The number of hydrogen-bond acceptors (Lipinski definition) is 9. The summed E-state index contributed by atoms with van der Waals surface area (Å²) in [6.45, 7) is -0.174. The van der Waals surface area contributed by atoms with Crippen LogP contribution < -0.4 is 20.9 Å². The van der Waals surface area contributed by atoms with Gasteiger partial charge in [-0.2, -0.15) is 4.98 Å². The van der Waals surface area contributed by atoms with Crippen molar-refractivity contribution >= 4 is 5.82 Å². The van der Waals surface area contributed by atoms with Crippen molar-refractivity contribution in [2.75, 3.05) is 26.6 Å². The first-order valence-corrected chi connectivity index (χ1v) is 12.6. The average molecular weight is 553 g/mol. The Morgan fingerprint density at radius 1 is 0.925 bits per heavy atom. The van der Waals surface area contributed by atoms with Gasteiger partial charge >= 0.3 is 5.69 Å². The Bertz CT molecular complexity index is 1480. The third-order valence-corrected chi connectivity index (χ3v) is 7.04. The normalized spacial score (nSPS) is 21.1. The van der Waals surface area contributed by atoms with Crippen LogP contribution in [0.25, 0.3) is 0 Å². The van der Waals surface area contributed by atoms with Crippen LogP contribution in [0.3, 0.4) is 0 Å².